The van der Waals surface area contributed by atoms with Gasteiger partial charge >= 0.3 is 0 Å². The Bertz CT molecular complexity index is 816. The van der Waals surface area contributed by atoms with E-state index in [-0.39, 0.29) is 24.0 Å². The monoisotopic (exact) mass is 440 g/mol. The van der Waals surface area contributed by atoms with Crippen LogP contribution in [0.5, 0.6) is 0 Å². The molecule has 0 aromatic heterocycles. The third-order valence-corrected chi connectivity index (χ3v) is 8.21. The number of rotatable bonds is 6. The second-order valence-corrected chi connectivity index (χ2v) is 10.0. The van der Waals surface area contributed by atoms with Crippen LogP contribution in [-0.4, -0.2) is 36.5 Å². The number of benzene rings is 2. The quantitative estimate of drug-likeness (QED) is 0.446. The lowest BCUT2D eigenvalue weighted by Gasteiger charge is -2.31. The van der Waals surface area contributed by atoms with E-state index in [4.69, 9.17) is 0 Å². The number of hydrogen-bond acceptors (Lipinski definition) is 5. The molecule has 0 heterocycles. The van der Waals surface area contributed by atoms with Crippen LogP contribution >= 0.6 is 11.8 Å². The Labute approximate surface area is 190 Å². The highest BCUT2D eigenvalue weighted by atomic mass is 32.2. The molecule has 2 aliphatic carbocycles. The highest BCUT2D eigenvalue weighted by molar-refractivity contribution is 7.99. The van der Waals surface area contributed by atoms with Crippen LogP contribution < -0.4 is 10.6 Å². The first kappa shape index (κ1) is 22.5. The number of hydrogen-bond donors (Lipinski definition) is 4. The Morgan fingerprint density at radius 1 is 0.677 bits per heavy atom. The van der Waals surface area contributed by atoms with Crippen LogP contribution in [0, 0.1) is 0 Å². The summed E-state index contributed by atoms with van der Waals surface area (Å²) in [6, 6.07) is 12.9. The normalized spacial score (nSPS) is 26.5. The molecule has 0 amide bonds. The summed E-state index contributed by atoms with van der Waals surface area (Å²) in [5, 5.41) is 28.1. The van der Waals surface area contributed by atoms with Crippen molar-refractivity contribution in [3.05, 3.63) is 47.5 Å². The van der Waals surface area contributed by atoms with E-state index in [2.05, 4.69) is 47.0 Å². The predicted molar refractivity (Wildman–Crippen MR) is 131 cm³/mol. The van der Waals surface area contributed by atoms with Gasteiger partial charge < -0.3 is 20.8 Å². The highest BCUT2D eigenvalue weighted by Gasteiger charge is 2.29. The van der Waals surface area contributed by atoms with Crippen molar-refractivity contribution in [1.82, 2.24) is 0 Å². The zero-order valence-corrected chi connectivity index (χ0v) is 19.5. The standard InChI is InChI=1S/C26H36N2O2S/c1-27-25-19(17-9-3-5-13-21(17)29)11-7-15-23(25)31-24-16-8-12-20(26(24)28-2)18-10-4-6-14-22(18)30/h7-8,11-12,15-18,21-22,27-30H,3-6,9-10,13-14H2,1-2H3. The summed E-state index contributed by atoms with van der Waals surface area (Å²) in [6.45, 7) is 0. The summed E-state index contributed by atoms with van der Waals surface area (Å²) in [7, 11) is 3.96. The molecule has 0 spiro atoms. The fourth-order valence-corrected chi connectivity index (χ4v) is 6.66. The largest absolute Gasteiger partial charge is 0.392 e. The molecule has 0 aliphatic heterocycles. The third-order valence-electron chi connectivity index (χ3n) is 7.09. The lowest BCUT2D eigenvalue weighted by Crippen LogP contribution is -2.23. The molecule has 4 nitrogen and oxygen atoms in total. The van der Waals surface area contributed by atoms with Gasteiger partial charge in [0, 0.05) is 35.7 Å². The minimum Gasteiger partial charge on any atom is -0.392 e. The summed E-state index contributed by atoms with van der Waals surface area (Å²) < 4.78 is 0. The fourth-order valence-electron chi connectivity index (χ4n) is 5.49. The molecule has 31 heavy (non-hydrogen) atoms. The van der Waals surface area contributed by atoms with Crippen molar-refractivity contribution < 1.29 is 10.2 Å². The van der Waals surface area contributed by atoms with Crippen LogP contribution in [0.3, 0.4) is 0 Å². The van der Waals surface area contributed by atoms with Gasteiger partial charge in [-0.1, -0.05) is 61.7 Å². The predicted octanol–water partition coefficient (Wildman–Crippen LogP) is 5.96. The summed E-state index contributed by atoms with van der Waals surface area (Å²) in [4.78, 5) is 2.35. The summed E-state index contributed by atoms with van der Waals surface area (Å²) in [5.41, 5.74) is 4.71. The zero-order valence-electron chi connectivity index (χ0n) is 18.7. The first-order valence-electron chi connectivity index (χ1n) is 11.8. The molecular formula is C26H36N2O2S. The minimum atomic E-state index is -0.259. The third kappa shape index (κ3) is 4.74. The fraction of sp³-hybridized carbons (Fsp3) is 0.538. The van der Waals surface area contributed by atoms with Gasteiger partial charge in [-0.2, -0.15) is 0 Å². The molecule has 4 rings (SSSR count). The van der Waals surface area contributed by atoms with E-state index in [9.17, 15) is 10.2 Å². The van der Waals surface area contributed by atoms with Gasteiger partial charge in [-0.05, 0) is 48.9 Å². The Morgan fingerprint density at radius 2 is 1.10 bits per heavy atom. The number of aliphatic hydroxyl groups is 2. The summed E-state index contributed by atoms with van der Waals surface area (Å²) >= 11 is 1.76. The zero-order chi connectivity index (χ0) is 21.8. The number of para-hydroxylation sites is 2. The molecular weight excluding hydrogens is 404 g/mol. The van der Waals surface area contributed by atoms with E-state index in [1.165, 1.54) is 33.8 Å². The maximum Gasteiger partial charge on any atom is 0.0609 e. The molecule has 168 valence electrons. The van der Waals surface area contributed by atoms with Gasteiger partial charge in [0.15, 0.2) is 0 Å². The van der Waals surface area contributed by atoms with Crippen LogP contribution in [0.4, 0.5) is 11.4 Å². The minimum absolute atomic E-state index is 0.198. The van der Waals surface area contributed by atoms with Crippen LogP contribution in [0.15, 0.2) is 46.2 Å². The van der Waals surface area contributed by atoms with Gasteiger partial charge in [-0.3, -0.25) is 0 Å². The molecule has 4 N–H and O–H groups in total. The van der Waals surface area contributed by atoms with Gasteiger partial charge in [0.2, 0.25) is 0 Å². The molecule has 2 fully saturated rings. The van der Waals surface area contributed by atoms with E-state index in [1.54, 1.807) is 11.8 Å². The van der Waals surface area contributed by atoms with Crippen LogP contribution in [0.2, 0.25) is 0 Å². The van der Waals surface area contributed by atoms with Crippen molar-refractivity contribution in [2.24, 2.45) is 0 Å². The van der Waals surface area contributed by atoms with Gasteiger partial charge in [0.1, 0.15) is 0 Å². The lowest BCUT2D eigenvalue weighted by molar-refractivity contribution is 0.106. The number of aliphatic hydroxyl groups excluding tert-OH is 2. The summed E-state index contributed by atoms with van der Waals surface area (Å²) in [5.74, 6) is 0.397. The van der Waals surface area contributed by atoms with Gasteiger partial charge in [0.05, 0.1) is 23.6 Å². The van der Waals surface area contributed by atoms with Gasteiger partial charge in [0.25, 0.3) is 0 Å². The molecule has 4 unspecified atom stereocenters. The van der Waals surface area contributed by atoms with Crippen LogP contribution in [0.25, 0.3) is 0 Å². The number of nitrogens with one attached hydrogen (secondary N) is 2. The van der Waals surface area contributed by atoms with E-state index < -0.39 is 0 Å². The van der Waals surface area contributed by atoms with Crippen molar-refractivity contribution in [3.63, 3.8) is 0 Å². The van der Waals surface area contributed by atoms with E-state index in [1.807, 2.05) is 14.1 Å². The highest BCUT2D eigenvalue weighted by Crippen LogP contribution is 2.46. The Morgan fingerprint density at radius 3 is 1.48 bits per heavy atom. The molecule has 2 saturated carbocycles. The number of anilines is 2. The van der Waals surface area contributed by atoms with E-state index in [0.29, 0.717) is 0 Å². The smallest absolute Gasteiger partial charge is 0.0609 e. The molecule has 2 aromatic carbocycles. The molecule has 5 heteroatoms. The average molecular weight is 441 g/mol. The molecule has 0 bridgehead atoms. The van der Waals surface area contributed by atoms with Gasteiger partial charge in [-0.25, -0.2) is 0 Å². The van der Waals surface area contributed by atoms with E-state index >= 15 is 0 Å². The molecule has 2 aliphatic rings. The Kier molecular flexibility index (Phi) is 7.47. The maximum absolute atomic E-state index is 10.6. The van der Waals surface area contributed by atoms with Crippen molar-refractivity contribution >= 4 is 23.1 Å². The Balaban J connectivity index is 1.68. The molecule has 2 aromatic rings. The Hall–Kier alpha value is -1.69. The lowest BCUT2D eigenvalue weighted by atomic mass is 9.81. The van der Waals surface area contributed by atoms with E-state index in [0.717, 1.165) is 49.9 Å². The topological polar surface area (TPSA) is 64.5 Å². The van der Waals surface area contributed by atoms with Crippen molar-refractivity contribution in [2.45, 2.75) is 85.2 Å². The molecule has 4 atom stereocenters. The first-order valence-corrected chi connectivity index (χ1v) is 12.6. The maximum atomic E-state index is 10.6. The first-order chi connectivity index (χ1) is 15.1. The van der Waals surface area contributed by atoms with Crippen LogP contribution in [-0.2, 0) is 0 Å². The van der Waals surface area contributed by atoms with Crippen molar-refractivity contribution in [2.75, 3.05) is 24.7 Å². The SMILES string of the molecule is CNc1c(Sc2cccc(C3CCCCC3O)c2NC)cccc1C1CCCCC1O. The second-order valence-electron chi connectivity index (χ2n) is 8.96. The van der Waals surface area contributed by atoms with Crippen molar-refractivity contribution in [1.29, 1.82) is 0 Å². The van der Waals surface area contributed by atoms with Gasteiger partial charge in [-0.15, -0.1) is 0 Å². The van der Waals surface area contributed by atoms with Crippen molar-refractivity contribution in [3.8, 4) is 0 Å². The molecule has 0 radical (unpaired) electrons. The van der Waals surface area contributed by atoms with Crippen LogP contribution in [0.1, 0.15) is 74.3 Å². The average Bonchev–Trinajstić information content (AvgIpc) is 2.79. The molecule has 0 saturated heterocycles. The summed E-state index contributed by atoms with van der Waals surface area (Å²) in [6.07, 6.45) is 7.94. The second kappa shape index (κ2) is 10.3.